The number of hydrogen-bond donors (Lipinski definition) is 0. The van der Waals surface area contributed by atoms with E-state index in [2.05, 4.69) is 177 Å². The SMILES string of the molecule is C[Si]1(C)c2cc3c4ccc(-c5ccc6ccc7ccc(C#N)c8ccc5c6c78)cc4c4ccccc4c3cc2-c2c1cc(-c1ccccc1)c1ccccc21. The molecule has 0 atom stereocenters. The number of nitriles is 1. The van der Waals surface area contributed by atoms with E-state index in [9.17, 15) is 5.26 Å². The topological polar surface area (TPSA) is 23.8 Å². The highest BCUT2D eigenvalue weighted by Gasteiger charge is 2.39. The van der Waals surface area contributed by atoms with Crippen molar-refractivity contribution < 1.29 is 0 Å². The van der Waals surface area contributed by atoms with Gasteiger partial charge >= 0.3 is 0 Å². The summed E-state index contributed by atoms with van der Waals surface area (Å²) in [7, 11) is -2.09. The lowest BCUT2D eigenvalue weighted by molar-refractivity contribution is 1.51. The van der Waals surface area contributed by atoms with Crippen molar-refractivity contribution >= 4 is 93.9 Å². The van der Waals surface area contributed by atoms with Crippen molar-refractivity contribution in [2.45, 2.75) is 13.1 Å². The van der Waals surface area contributed by atoms with Gasteiger partial charge in [0.25, 0.3) is 0 Å². The van der Waals surface area contributed by atoms with Crippen LogP contribution in [0, 0.1) is 11.3 Å². The van der Waals surface area contributed by atoms with Crippen LogP contribution in [0.15, 0.2) is 164 Å². The van der Waals surface area contributed by atoms with Crippen molar-refractivity contribution in [2.24, 2.45) is 0 Å². The first-order chi connectivity index (χ1) is 27.0. The summed E-state index contributed by atoms with van der Waals surface area (Å²) < 4.78 is 0. The molecule has 0 fully saturated rings. The highest BCUT2D eigenvalue weighted by molar-refractivity contribution is 7.04. The molecule has 11 aromatic carbocycles. The Morgan fingerprint density at radius 1 is 0.382 bits per heavy atom. The maximum atomic E-state index is 9.94. The van der Waals surface area contributed by atoms with Gasteiger partial charge in [-0.25, -0.2) is 0 Å². The number of rotatable bonds is 2. The number of nitrogens with zero attached hydrogens (tertiary/aromatic N) is 1. The molecule has 0 aliphatic carbocycles. The molecule has 0 saturated heterocycles. The summed E-state index contributed by atoms with van der Waals surface area (Å²) in [4.78, 5) is 0. The van der Waals surface area contributed by atoms with Crippen LogP contribution in [0.3, 0.4) is 0 Å². The van der Waals surface area contributed by atoms with Crippen LogP contribution >= 0.6 is 0 Å². The van der Waals surface area contributed by atoms with Crippen molar-refractivity contribution in [3.05, 3.63) is 169 Å². The third-order valence-electron chi connectivity index (χ3n) is 12.8. The van der Waals surface area contributed by atoms with Gasteiger partial charge in [-0.05, 0) is 132 Å². The highest BCUT2D eigenvalue weighted by Crippen LogP contribution is 2.45. The molecule has 11 aromatic rings. The van der Waals surface area contributed by atoms with E-state index in [1.165, 1.54) is 114 Å². The van der Waals surface area contributed by atoms with E-state index in [0.29, 0.717) is 0 Å². The second kappa shape index (κ2) is 10.9. The zero-order chi connectivity index (χ0) is 36.6. The van der Waals surface area contributed by atoms with Crippen molar-refractivity contribution in [2.75, 3.05) is 0 Å². The summed E-state index contributed by atoms with van der Waals surface area (Å²) in [6.45, 7) is 5.09. The standard InChI is InChI=1S/C53H33NSi/c1-55(2)49-29-47-41-23-21-34(36-22-20-33-17-16-32-18-19-35(30-54)37-24-25-43(36)52(33)51(32)37)26-45(41)38-12-6-7-13-39(38)46(47)27-48(49)53-42-15-9-8-14-40(42)44(28-50(53)55)31-10-4-3-5-11-31/h3-29H,1-2H3. The summed E-state index contributed by atoms with van der Waals surface area (Å²) in [5.74, 6) is 0. The maximum absolute atomic E-state index is 9.94. The van der Waals surface area contributed by atoms with Crippen molar-refractivity contribution in [3.63, 3.8) is 0 Å². The lowest BCUT2D eigenvalue weighted by atomic mass is 9.86. The van der Waals surface area contributed by atoms with Gasteiger partial charge in [0, 0.05) is 5.39 Å². The fraction of sp³-hybridized carbons (Fsp3) is 0.0377. The van der Waals surface area contributed by atoms with E-state index >= 15 is 0 Å². The average molecular weight is 712 g/mol. The molecule has 12 rings (SSSR count). The van der Waals surface area contributed by atoms with Gasteiger partial charge in [0.05, 0.1) is 11.6 Å². The predicted molar refractivity (Wildman–Crippen MR) is 238 cm³/mol. The van der Waals surface area contributed by atoms with Gasteiger partial charge in [-0.3, -0.25) is 0 Å². The first kappa shape index (κ1) is 30.6. The monoisotopic (exact) mass is 711 g/mol. The molecule has 1 heterocycles. The molecule has 0 bridgehead atoms. The van der Waals surface area contributed by atoms with Crippen LogP contribution in [0.5, 0.6) is 0 Å². The van der Waals surface area contributed by atoms with Crippen LogP contribution in [-0.2, 0) is 0 Å². The lowest BCUT2D eigenvalue weighted by Gasteiger charge is -2.21. The molecule has 0 N–H and O–H groups in total. The molecular formula is C53H33NSi. The van der Waals surface area contributed by atoms with E-state index in [1.54, 1.807) is 0 Å². The first-order valence-corrected chi connectivity index (χ1v) is 22.2. The molecular weight excluding hydrogens is 679 g/mol. The molecule has 0 unspecified atom stereocenters. The largest absolute Gasteiger partial charge is 0.192 e. The van der Waals surface area contributed by atoms with Crippen molar-refractivity contribution in [1.29, 1.82) is 5.26 Å². The molecule has 0 aromatic heterocycles. The van der Waals surface area contributed by atoms with Crippen molar-refractivity contribution in [1.82, 2.24) is 0 Å². The smallest absolute Gasteiger partial charge is 0.113 e. The summed E-state index contributed by atoms with van der Waals surface area (Å²) in [5, 5.41) is 30.5. The Labute approximate surface area is 319 Å². The second-order valence-electron chi connectivity index (χ2n) is 15.9. The highest BCUT2D eigenvalue weighted by atomic mass is 28.3. The Morgan fingerprint density at radius 2 is 0.964 bits per heavy atom. The molecule has 2 heteroatoms. The van der Waals surface area contributed by atoms with Crippen molar-refractivity contribution in [3.8, 4) is 39.4 Å². The first-order valence-electron chi connectivity index (χ1n) is 19.2. The minimum Gasteiger partial charge on any atom is -0.192 e. The minimum absolute atomic E-state index is 0.724. The van der Waals surface area contributed by atoms with Gasteiger partial charge in [0.2, 0.25) is 0 Å². The molecule has 0 amide bonds. The third-order valence-corrected chi connectivity index (χ3v) is 16.3. The van der Waals surface area contributed by atoms with Gasteiger partial charge in [-0.1, -0.05) is 159 Å². The molecule has 0 spiro atoms. The van der Waals surface area contributed by atoms with Gasteiger partial charge in [0.15, 0.2) is 0 Å². The predicted octanol–water partition coefficient (Wildman–Crippen LogP) is 13.2. The normalized spacial score (nSPS) is 13.4. The van der Waals surface area contributed by atoms with Gasteiger partial charge in [-0.15, -0.1) is 0 Å². The fourth-order valence-electron chi connectivity index (χ4n) is 10.2. The number of benzene rings is 11. The van der Waals surface area contributed by atoms with Crippen LogP contribution in [-0.4, -0.2) is 8.07 Å². The minimum atomic E-state index is -2.09. The van der Waals surface area contributed by atoms with Gasteiger partial charge in [-0.2, -0.15) is 5.26 Å². The number of fused-ring (bicyclic) bond motifs is 11. The van der Waals surface area contributed by atoms with Crippen LogP contribution in [0.4, 0.5) is 0 Å². The summed E-state index contributed by atoms with van der Waals surface area (Å²) in [6, 6.07) is 63.4. The molecule has 1 aliphatic rings. The number of hydrogen-bond acceptors (Lipinski definition) is 1. The Hall–Kier alpha value is -6.79. The second-order valence-corrected chi connectivity index (χ2v) is 20.2. The Balaban J connectivity index is 1.12. The van der Waals surface area contributed by atoms with E-state index in [-0.39, 0.29) is 0 Å². The zero-order valence-corrected chi connectivity index (χ0v) is 31.5. The third kappa shape index (κ3) is 4.06. The molecule has 1 aliphatic heterocycles. The maximum Gasteiger partial charge on any atom is 0.113 e. The molecule has 0 saturated carbocycles. The van der Waals surface area contributed by atoms with Crippen LogP contribution in [0.1, 0.15) is 5.56 Å². The quantitative estimate of drug-likeness (QED) is 0.129. The lowest BCUT2D eigenvalue weighted by Crippen LogP contribution is -2.49. The molecule has 254 valence electrons. The Bertz CT molecular complexity index is 3510. The average Bonchev–Trinajstić information content (AvgIpc) is 3.46. The zero-order valence-electron chi connectivity index (χ0n) is 30.5. The van der Waals surface area contributed by atoms with E-state index in [1.807, 2.05) is 6.07 Å². The van der Waals surface area contributed by atoms with Gasteiger partial charge < -0.3 is 0 Å². The van der Waals surface area contributed by atoms with E-state index in [0.717, 1.165) is 10.9 Å². The van der Waals surface area contributed by atoms with Gasteiger partial charge in [0.1, 0.15) is 8.07 Å². The van der Waals surface area contributed by atoms with E-state index < -0.39 is 8.07 Å². The molecule has 1 nitrogen and oxygen atoms in total. The summed E-state index contributed by atoms with van der Waals surface area (Å²) >= 11 is 0. The van der Waals surface area contributed by atoms with Crippen LogP contribution in [0.2, 0.25) is 13.1 Å². The molecule has 55 heavy (non-hydrogen) atoms. The fourth-order valence-corrected chi connectivity index (χ4v) is 13.3. The van der Waals surface area contributed by atoms with E-state index in [4.69, 9.17) is 0 Å². The Morgan fingerprint density at radius 3 is 1.73 bits per heavy atom. The summed E-state index contributed by atoms with van der Waals surface area (Å²) in [5.41, 5.74) is 8.59. The molecule has 0 radical (unpaired) electrons. The summed E-state index contributed by atoms with van der Waals surface area (Å²) in [6.07, 6.45) is 0. The Kier molecular flexibility index (Phi) is 6.07. The van der Waals surface area contributed by atoms with Crippen LogP contribution in [0.25, 0.3) is 109 Å². The van der Waals surface area contributed by atoms with Crippen LogP contribution < -0.4 is 10.4 Å².